The maximum Gasteiger partial charge on any atom is 0.401 e. The highest BCUT2D eigenvalue weighted by Crippen LogP contribution is 2.13. The Morgan fingerprint density at radius 3 is 2.00 bits per heavy atom. The molecular weight excluding hydrogens is 277 g/mol. The summed E-state index contributed by atoms with van der Waals surface area (Å²) in [7, 11) is 0. The van der Waals surface area contributed by atoms with Crippen molar-refractivity contribution in [3.8, 4) is 0 Å². The van der Waals surface area contributed by atoms with Gasteiger partial charge in [-0.05, 0) is 24.3 Å². The van der Waals surface area contributed by atoms with Crippen molar-refractivity contribution in [2.24, 2.45) is 5.73 Å². The molecule has 20 heavy (non-hydrogen) atoms. The quantitative estimate of drug-likeness (QED) is 0.657. The molecule has 1 aromatic rings. The Bertz CT molecular complexity index is 474. The van der Waals surface area contributed by atoms with Crippen LogP contribution < -0.4 is 21.7 Å². The number of benzene rings is 1. The van der Waals surface area contributed by atoms with Crippen LogP contribution in [0.5, 0.6) is 0 Å². The highest BCUT2D eigenvalue weighted by atomic mass is 19.4. The molecular formula is C11H13F3N4O2. The zero-order valence-electron chi connectivity index (χ0n) is 10.3. The van der Waals surface area contributed by atoms with Crippen LogP contribution in [0.4, 0.5) is 29.3 Å². The van der Waals surface area contributed by atoms with Gasteiger partial charge in [-0.25, -0.2) is 4.79 Å². The topological polar surface area (TPSA) is 96.2 Å². The number of nitrogens with one attached hydrogen (secondary N) is 3. The van der Waals surface area contributed by atoms with Gasteiger partial charge in [-0.15, -0.1) is 0 Å². The van der Waals surface area contributed by atoms with Crippen LogP contribution in [0, 0.1) is 0 Å². The molecule has 6 nitrogen and oxygen atoms in total. The van der Waals surface area contributed by atoms with Crippen LogP contribution >= 0.6 is 0 Å². The molecule has 110 valence electrons. The highest BCUT2D eigenvalue weighted by Gasteiger charge is 2.26. The Morgan fingerprint density at radius 2 is 1.55 bits per heavy atom. The summed E-state index contributed by atoms with van der Waals surface area (Å²) in [6, 6.07) is 5.21. The van der Waals surface area contributed by atoms with Crippen molar-refractivity contribution >= 4 is 23.3 Å². The lowest BCUT2D eigenvalue weighted by molar-refractivity contribution is -0.126. The van der Waals surface area contributed by atoms with Crippen LogP contribution in [0.2, 0.25) is 0 Å². The average molecular weight is 290 g/mol. The van der Waals surface area contributed by atoms with Crippen molar-refractivity contribution in [2.45, 2.75) is 6.18 Å². The Morgan fingerprint density at radius 1 is 1.05 bits per heavy atom. The predicted octanol–water partition coefficient (Wildman–Crippen LogP) is 1.27. The number of hydrogen-bond donors (Lipinski definition) is 4. The number of halogens is 3. The molecule has 0 unspecified atom stereocenters. The summed E-state index contributed by atoms with van der Waals surface area (Å²) >= 11 is 0. The second-order valence-electron chi connectivity index (χ2n) is 3.83. The van der Waals surface area contributed by atoms with Gasteiger partial charge in [0.05, 0.1) is 13.1 Å². The van der Waals surface area contributed by atoms with Crippen molar-refractivity contribution < 1.29 is 22.8 Å². The van der Waals surface area contributed by atoms with E-state index in [2.05, 4.69) is 10.6 Å². The summed E-state index contributed by atoms with van der Waals surface area (Å²) in [6.45, 7) is -1.69. The maximum atomic E-state index is 11.8. The summed E-state index contributed by atoms with van der Waals surface area (Å²) in [5, 5.41) is 6.69. The number of rotatable bonds is 5. The summed E-state index contributed by atoms with van der Waals surface area (Å²) in [6.07, 6.45) is -4.36. The largest absolute Gasteiger partial charge is 0.401 e. The van der Waals surface area contributed by atoms with Gasteiger partial charge < -0.3 is 21.7 Å². The summed E-state index contributed by atoms with van der Waals surface area (Å²) < 4.78 is 35.5. The standard InChI is InChI=1S/C11H13F3N4O2/c12-11(13,14)6-16-5-9(19)17-7-1-3-8(4-2-7)18-10(15)20/h1-4,16H,5-6H2,(H,17,19)(H3,15,18,20). The van der Waals surface area contributed by atoms with E-state index in [9.17, 15) is 22.8 Å². The summed E-state index contributed by atoms with van der Waals surface area (Å²) in [5.41, 5.74) is 5.74. The Balaban J connectivity index is 2.40. The minimum absolute atomic E-state index is 0.388. The highest BCUT2D eigenvalue weighted by molar-refractivity contribution is 5.93. The maximum absolute atomic E-state index is 11.8. The van der Waals surface area contributed by atoms with Crippen molar-refractivity contribution in [1.29, 1.82) is 0 Å². The third-order valence-electron chi connectivity index (χ3n) is 2.05. The fourth-order valence-electron chi connectivity index (χ4n) is 1.30. The van der Waals surface area contributed by atoms with E-state index in [4.69, 9.17) is 5.73 Å². The smallest absolute Gasteiger partial charge is 0.351 e. The fourth-order valence-corrected chi connectivity index (χ4v) is 1.30. The first-order valence-corrected chi connectivity index (χ1v) is 5.50. The molecule has 0 aromatic heterocycles. The number of nitrogens with two attached hydrogens (primary N) is 1. The van der Waals surface area contributed by atoms with Gasteiger partial charge in [0.1, 0.15) is 0 Å². The number of urea groups is 1. The van der Waals surface area contributed by atoms with Crippen LogP contribution in [-0.4, -0.2) is 31.2 Å². The van der Waals surface area contributed by atoms with E-state index in [-0.39, 0.29) is 0 Å². The van der Waals surface area contributed by atoms with E-state index >= 15 is 0 Å². The van der Waals surface area contributed by atoms with Gasteiger partial charge in [-0.3, -0.25) is 4.79 Å². The molecule has 0 spiro atoms. The zero-order chi connectivity index (χ0) is 15.2. The van der Waals surface area contributed by atoms with Crippen LogP contribution in [0.15, 0.2) is 24.3 Å². The molecule has 0 heterocycles. The van der Waals surface area contributed by atoms with Gasteiger partial charge >= 0.3 is 12.2 Å². The van der Waals surface area contributed by atoms with Gasteiger partial charge in [-0.2, -0.15) is 13.2 Å². The fraction of sp³-hybridized carbons (Fsp3) is 0.273. The molecule has 0 bridgehead atoms. The third-order valence-corrected chi connectivity index (χ3v) is 2.05. The lowest BCUT2D eigenvalue weighted by Gasteiger charge is -2.09. The number of hydrogen-bond acceptors (Lipinski definition) is 3. The Kier molecular flexibility index (Phi) is 5.32. The van der Waals surface area contributed by atoms with E-state index in [0.29, 0.717) is 11.4 Å². The number of carbonyl (C=O) groups excluding carboxylic acids is 2. The SMILES string of the molecule is NC(=O)Nc1ccc(NC(=O)CNCC(F)(F)F)cc1. The monoisotopic (exact) mass is 290 g/mol. The first-order valence-electron chi connectivity index (χ1n) is 5.50. The van der Waals surface area contributed by atoms with E-state index in [1.165, 1.54) is 24.3 Å². The number of alkyl halides is 3. The third kappa shape index (κ3) is 6.59. The minimum atomic E-state index is -4.36. The minimum Gasteiger partial charge on any atom is -0.351 e. The van der Waals surface area contributed by atoms with Crippen molar-refractivity contribution in [3.05, 3.63) is 24.3 Å². The molecule has 0 fully saturated rings. The lowest BCUT2D eigenvalue weighted by atomic mass is 10.3. The van der Waals surface area contributed by atoms with E-state index in [0.717, 1.165) is 0 Å². The normalized spacial score (nSPS) is 10.9. The molecule has 0 aliphatic rings. The molecule has 1 aromatic carbocycles. The number of amides is 3. The van der Waals surface area contributed by atoms with Gasteiger partial charge in [0.2, 0.25) is 5.91 Å². The zero-order valence-corrected chi connectivity index (χ0v) is 10.3. The number of anilines is 2. The van der Waals surface area contributed by atoms with E-state index in [1.54, 1.807) is 0 Å². The van der Waals surface area contributed by atoms with E-state index < -0.39 is 31.2 Å². The van der Waals surface area contributed by atoms with Gasteiger partial charge in [0.25, 0.3) is 0 Å². The molecule has 0 atom stereocenters. The first-order chi connectivity index (χ1) is 9.26. The Labute approximate surface area is 112 Å². The van der Waals surface area contributed by atoms with Crippen LogP contribution in [-0.2, 0) is 4.79 Å². The van der Waals surface area contributed by atoms with Crippen LogP contribution in [0.3, 0.4) is 0 Å². The second kappa shape index (κ2) is 6.75. The molecule has 5 N–H and O–H groups in total. The molecule has 0 saturated heterocycles. The average Bonchev–Trinajstić information content (AvgIpc) is 2.29. The van der Waals surface area contributed by atoms with Gasteiger partial charge in [-0.1, -0.05) is 0 Å². The molecule has 3 amide bonds. The molecule has 0 aliphatic heterocycles. The molecule has 9 heteroatoms. The second-order valence-corrected chi connectivity index (χ2v) is 3.83. The molecule has 0 radical (unpaired) electrons. The van der Waals surface area contributed by atoms with Crippen molar-refractivity contribution in [1.82, 2.24) is 5.32 Å². The number of primary amides is 1. The molecule has 0 aliphatic carbocycles. The van der Waals surface area contributed by atoms with Crippen molar-refractivity contribution in [2.75, 3.05) is 23.7 Å². The molecule has 1 rings (SSSR count). The van der Waals surface area contributed by atoms with Gasteiger partial charge in [0, 0.05) is 11.4 Å². The van der Waals surface area contributed by atoms with Gasteiger partial charge in [0.15, 0.2) is 0 Å². The van der Waals surface area contributed by atoms with E-state index in [1.807, 2.05) is 5.32 Å². The summed E-state index contributed by atoms with van der Waals surface area (Å²) in [4.78, 5) is 21.9. The number of carbonyl (C=O) groups is 2. The summed E-state index contributed by atoms with van der Waals surface area (Å²) in [5.74, 6) is -0.607. The first kappa shape index (κ1) is 15.8. The molecule has 0 saturated carbocycles. The van der Waals surface area contributed by atoms with Crippen LogP contribution in [0.1, 0.15) is 0 Å². The predicted molar refractivity (Wildman–Crippen MR) is 67.2 cm³/mol. The van der Waals surface area contributed by atoms with Crippen LogP contribution in [0.25, 0.3) is 0 Å². The Hall–Kier alpha value is -2.29. The van der Waals surface area contributed by atoms with Crippen molar-refractivity contribution in [3.63, 3.8) is 0 Å². The lowest BCUT2D eigenvalue weighted by Crippen LogP contribution is -2.35.